The molecule has 6 heteroatoms. The average Bonchev–Trinajstić information content (AvgIpc) is 2.35. The summed E-state index contributed by atoms with van der Waals surface area (Å²) in [5.74, 6) is -0.0178. The number of ether oxygens (including phenoxy) is 1. The number of rotatable bonds is 4. The second-order valence-electron chi connectivity index (χ2n) is 4.16. The van der Waals surface area contributed by atoms with Crippen LogP contribution in [0.4, 0.5) is 11.4 Å². The highest BCUT2D eigenvalue weighted by Gasteiger charge is 2.23. The first-order chi connectivity index (χ1) is 8.38. The summed E-state index contributed by atoms with van der Waals surface area (Å²) in [6.45, 7) is 3.49. The number of methoxy groups -OCH3 is 1. The maximum absolute atomic E-state index is 11.8. The highest BCUT2D eigenvalue weighted by Crippen LogP contribution is 2.31. The van der Waals surface area contributed by atoms with Gasteiger partial charge in [0.25, 0.3) is 5.69 Å². The lowest BCUT2D eigenvalue weighted by atomic mass is 10.1. The molecule has 0 heterocycles. The van der Waals surface area contributed by atoms with Gasteiger partial charge in [-0.25, -0.2) is 0 Å². The fourth-order valence-corrected chi connectivity index (χ4v) is 1.57. The Morgan fingerprint density at radius 2 is 2.06 bits per heavy atom. The lowest BCUT2D eigenvalue weighted by Gasteiger charge is -2.19. The maximum atomic E-state index is 11.8. The van der Waals surface area contributed by atoms with E-state index in [2.05, 4.69) is 0 Å². The minimum absolute atomic E-state index is 0.147. The molecule has 0 aliphatic rings. The van der Waals surface area contributed by atoms with E-state index in [0.717, 1.165) is 0 Å². The fraction of sp³-hybridized carbons (Fsp3) is 0.417. The van der Waals surface area contributed by atoms with Crippen LogP contribution in [-0.4, -0.2) is 25.0 Å². The minimum atomic E-state index is -0.526. The summed E-state index contributed by atoms with van der Waals surface area (Å²) in [4.78, 5) is 23.6. The van der Waals surface area contributed by atoms with Gasteiger partial charge >= 0.3 is 0 Å². The molecular weight excluding hydrogens is 236 g/mol. The molecule has 0 unspecified atom stereocenters. The lowest BCUT2D eigenvalue weighted by Crippen LogP contribution is -2.30. The van der Waals surface area contributed by atoms with Crippen LogP contribution in [0.1, 0.15) is 13.8 Å². The first-order valence-corrected chi connectivity index (χ1v) is 5.48. The van der Waals surface area contributed by atoms with Gasteiger partial charge in [0.1, 0.15) is 11.4 Å². The Kier molecular flexibility index (Phi) is 4.25. The molecule has 1 aromatic rings. The van der Waals surface area contributed by atoms with Gasteiger partial charge < -0.3 is 9.64 Å². The van der Waals surface area contributed by atoms with E-state index in [9.17, 15) is 14.9 Å². The summed E-state index contributed by atoms with van der Waals surface area (Å²) in [5, 5.41) is 11.0. The molecule has 0 fully saturated rings. The van der Waals surface area contributed by atoms with Crippen molar-refractivity contribution in [2.24, 2.45) is 5.92 Å². The molecule has 0 saturated heterocycles. The van der Waals surface area contributed by atoms with E-state index in [1.807, 2.05) is 0 Å². The summed E-state index contributed by atoms with van der Waals surface area (Å²) in [6.07, 6.45) is 0. The molecule has 0 radical (unpaired) electrons. The van der Waals surface area contributed by atoms with E-state index in [1.165, 1.54) is 31.2 Å². The normalized spacial score (nSPS) is 10.3. The number of carbonyl (C=O) groups excluding carboxylic acids is 1. The van der Waals surface area contributed by atoms with Gasteiger partial charge in [-0.2, -0.15) is 0 Å². The van der Waals surface area contributed by atoms with Gasteiger partial charge in [0.15, 0.2) is 0 Å². The van der Waals surface area contributed by atoms with Crippen LogP contribution >= 0.6 is 0 Å². The van der Waals surface area contributed by atoms with E-state index >= 15 is 0 Å². The molecular formula is C12H16N2O4. The molecule has 0 aromatic heterocycles. The van der Waals surface area contributed by atoms with Crippen molar-refractivity contribution >= 4 is 17.3 Å². The number of anilines is 1. The van der Waals surface area contributed by atoms with Crippen LogP contribution < -0.4 is 9.64 Å². The van der Waals surface area contributed by atoms with Gasteiger partial charge in [0.05, 0.1) is 18.1 Å². The van der Waals surface area contributed by atoms with Gasteiger partial charge in [0, 0.05) is 13.0 Å². The lowest BCUT2D eigenvalue weighted by molar-refractivity contribution is -0.384. The Bertz CT molecular complexity index is 471. The SMILES string of the molecule is COc1ccc(N(C)C(=O)C(C)C)c([N+](=O)[O-])c1. The van der Waals surface area contributed by atoms with Crippen molar-refractivity contribution in [1.82, 2.24) is 0 Å². The van der Waals surface area contributed by atoms with Gasteiger partial charge in [-0.05, 0) is 12.1 Å². The Hall–Kier alpha value is -2.11. The summed E-state index contributed by atoms with van der Waals surface area (Å²) in [7, 11) is 2.96. The number of nitro benzene ring substituents is 1. The van der Waals surface area contributed by atoms with Crippen molar-refractivity contribution in [1.29, 1.82) is 0 Å². The standard InChI is InChI=1S/C12H16N2O4/c1-8(2)12(15)13(3)10-6-5-9(18-4)7-11(10)14(16)17/h5-8H,1-4H3. The average molecular weight is 252 g/mol. The zero-order valence-corrected chi connectivity index (χ0v) is 10.8. The van der Waals surface area contributed by atoms with E-state index in [0.29, 0.717) is 5.75 Å². The molecule has 0 spiro atoms. The number of hydrogen-bond donors (Lipinski definition) is 0. The molecule has 1 amide bonds. The molecule has 0 aliphatic heterocycles. The van der Waals surface area contributed by atoms with Crippen LogP contribution in [0.5, 0.6) is 5.75 Å². The molecule has 0 bridgehead atoms. The maximum Gasteiger partial charge on any atom is 0.296 e. The highest BCUT2D eigenvalue weighted by atomic mass is 16.6. The molecule has 0 N–H and O–H groups in total. The molecule has 0 aliphatic carbocycles. The van der Waals surface area contributed by atoms with Gasteiger partial charge in [0.2, 0.25) is 5.91 Å². The predicted molar refractivity (Wildman–Crippen MR) is 67.9 cm³/mol. The zero-order chi connectivity index (χ0) is 13.9. The van der Waals surface area contributed by atoms with Crippen LogP contribution in [0.25, 0.3) is 0 Å². The van der Waals surface area contributed by atoms with E-state index < -0.39 is 4.92 Å². The number of benzene rings is 1. The third-order valence-corrected chi connectivity index (χ3v) is 2.57. The van der Waals surface area contributed by atoms with Crippen LogP contribution in [-0.2, 0) is 4.79 Å². The number of hydrogen-bond acceptors (Lipinski definition) is 4. The molecule has 6 nitrogen and oxygen atoms in total. The third-order valence-electron chi connectivity index (χ3n) is 2.57. The van der Waals surface area contributed by atoms with Gasteiger partial charge in [-0.3, -0.25) is 14.9 Å². The minimum Gasteiger partial charge on any atom is -0.496 e. The zero-order valence-electron chi connectivity index (χ0n) is 10.8. The summed E-state index contributed by atoms with van der Waals surface area (Å²) in [6, 6.07) is 4.41. The van der Waals surface area contributed by atoms with Crippen LogP contribution in [0.3, 0.4) is 0 Å². The monoisotopic (exact) mass is 252 g/mol. The van der Waals surface area contributed by atoms with E-state index in [1.54, 1.807) is 19.9 Å². The largest absolute Gasteiger partial charge is 0.496 e. The predicted octanol–water partition coefficient (Wildman–Crippen LogP) is 2.22. The topological polar surface area (TPSA) is 72.7 Å². The van der Waals surface area contributed by atoms with Crippen molar-refractivity contribution in [3.05, 3.63) is 28.3 Å². The molecule has 1 aromatic carbocycles. The summed E-state index contributed by atoms with van der Waals surface area (Å²) in [5.41, 5.74) is 0.116. The Labute approximate surface area is 105 Å². The fourth-order valence-electron chi connectivity index (χ4n) is 1.57. The first kappa shape index (κ1) is 14.0. The Balaban J connectivity index is 3.23. The van der Waals surface area contributed by atoms with Crippen molar-refractivity contribution in [2.75, 3.05) is 19.1 Å². The quantitative estimate of drug-likeness (QED) is 0.608. The summed E-state index contributed by atoms with van der Waals surface area (Å²) < 4.78 is 4.94. The second-order valence-corrected chi connectivity index (χ2v) is 4.16. The molecule has 98 valence electrons. The smallest absolute Gasteiger partial charge is 0.296 e. The van der Waals surface area contributed by atoms with Gasteiger partial charge in [-0.1, -0.05) is 13.8 Å². The van der Waals surface area contributed by atoms with Crippen LogP contribution in [0.2, 0.25) is 0 Å². The number of nitrogens with zero attached hydrogens (tertiary/aromatic N) is 2. The number of nitro groups is 1. The number of amides is 1. The summed E-state index contributed by atoms with van der Waals surface area (Å²) >= 11 is 0. The Morgan fingerprint density at radius 3 is 2.50 bits per heavy atom. The van der Waals surface area contributed by atoms with Crippen molar-refractivity contribution in [2.45, 2.75) is 13.8 Å². The first-order valence-electron chi connectivity index (χ1n) is 5.48. The van der Waals surface area contributed by atoms with Crippen molar-refractivity contribution in [3.8, 4) is 5.75 Å². The second kappa shape index (κ2) is 5.48. The third kappa shape index (κ3) is 2.77. The van der Waals surface area contributed by atoms with Crippen LogP contribution in [0, 0.1) is 16.0 Å². The van der Waals surface area contributed by atoms with E-state index in [4.69, 9.17) is 4.74 Å². The highest BCUT2D eigenvalue weighted by molar-refractivity contribution is 5.96. The number of carbonyl (C=O) groups is 1. The molecule has 0 saturated carbocycles. The van der Waals surface area contributed by atoms with Crippen molar-refractivity contribution in [3.63, 3.8) is 0 Å². The molecule has 0 atom stereocenters. The van der Waals surface area contributed by atoms with Crippen LogP contribution in [0.15, 0.2) is 18.2 Å². The Morgan fingerprint density at radius 1 is 1.44 bits per heavy atom. The van der Waals surface area contributed by atoms with Crippen molar-refractivity contribution < 1.29 is 14.5 Å². The molecule has 1 rings (SSSR count). The molecule has 18 heavy (non-hydrogen) atoms. The van der Waals surface area contributed by atoms with Gasteiger partial charge in [-0.15, -0.1) is 0 Å². The van der Waals surface area contributed by atoms with E-state index in [-0.39, 0.29) is 23.2 Å².